The molecule has 1 aromatic carbocycles. The molecule has 6 nitrogen and oxygen atoms in total. The molecule has 22 heavy (non-hydrogen) atoms. The van der Waals surface area contributed by atoms with Crippen molar-refractivity contribution >= 4 is 16.8 Å². The van der Waals surface area contributed by atoms with Crippen molar-refractivity contribution in [3.8, 4) is 6.07 Å². The first-order valence-electron chi connectivity index (χ1n) is 6.90. The SMILES string of the molecule is N#CCCN(Cc1ccco1)C(=O)c1cccc2[nH]ncc12. The van der Waals surface area contributed by atoms with Gasteiger partial charge in [-0.2, -0.15) is 10.4 Å². The number of rotatable bonds is 5. The van der Waals surface area contributed by atoms with Crippen molar-refractivity contribution < 1.29 is 9.21 Å². The van der Waals surface area contributed by atoms with Crippen LogP contribution in [0.5, 0.6) is 0 Å². The molecule has 0 bridgehead atoms. The van der Waals surface area contributed by atoms with Gasteiger partial charge >= 0.3 is 0 Å². The van der Waals surface area contributed by atoms with E-state index in [1.165, 1.54) is 0 Å². The van der Waals surface area contributed by atoms with Gasteiger partial charge in [0.05, 0.1) is 42.6 Å². The second kappa shape index (κ2) is 6.14. The standard InChI is InChI=1S/C16H14N4O2/c17-7-3-8-20(11-12-4-2-9-22-12)16(21)13-5-1-6-15-14(13)10-18-19-15/h1-2,4-6,9-10H,3,8,11H2,(H,18,19). The van der Waals surface area contributed by atoms with Crippen LogP contribution < -0.4 is 0 Å². The molecule has 0 aliphatic rings. The van der Waals surface area contributed by atoms with Gasteiger partial charge in [-0.25, -0.2) is 0 Å². The van der Waals surface area contributed by atoms with Crippen LogP contribution in [0.4, 0.5) is 0 Å². The summed E-state index contributed by atoms with van der Waals surface area (Å²) in [4.78, 5) is 14.4. The first-order chi connectivity index (χ1) is 10.8. The lowest BCUT2D eigenvalue weighted by atomic mass is 10.1. The first-order valence-corrected chi connectivity index (χ1v) is 6.90. The van der Waals surface area contributed by atoms with E-state index in [4.69, 9.17) is 9.68 Å². The number of aromatic amines is 1. The molecule has 3 rings (SSSR count). The lowest BCUT2D eigenvalue weighted by molar-refractivity contribution is 0.0737. The van der Waals surface area contributed by atoms with Gasteiger partial charge < -0.3 is 9.32 Å². The zero-order valence-electron chi connectivity index (χ0n) is 11.8. The number of H-pyrrole nitrogens is 1. The number of nitrogens with one attached hydrogen (secondary N) is 1. The van der Waals surface area contributed by atoms with E-state index in [1.54, 1.807) is 29.5 Å². The zero-order valence-corrected chi connectivity index (χ0v) is 11.8. The molecular formula is C16H14N4O2. The Morgan fingerprint density at radius 3 is 3.05 bits per heavy atom. The summed E-state index contributed by atoms with van der Waals surface area (Å²) in [6.07, 6.45) is 3.48. The van der Waals surface area contributed by atoms with Gasteiger partial charge in [-0.05, 0) is 24.3 Å². The summed E-state index contributed by atoms with van der Waals surface area (Å²) in [5, 5.41) is 16.4. The highest BCUT2D eigenvalue weighted by molar-refractivity contribution is 6.06. The third kappa shape index (κ3) is 2.69. The summed E-state index contributed by atoms with van der Waals surface area (Å²) >= 11 is 0. The van der Waals surface area contributed by atoms with Gasteiger partial charge in [-0.15, -0.1) is 0 Å². The molecule has 0 unspecified atom stereocenters. The summed E-state index contributed by atoms with van der Waals surface area (Å²) in [5.41, 5.74) is 1.37. The molecule has 0 saturated heterocycles. The van der Waals surface area contributed by atoms with Crippen LogP contribution in [0.25, 0.3) is 10.9 Å². The van der Waals surface area contributed by atoms with Crippen LogP contribution in [0.1, 0.15) is 22.5 Å². The number of nitrogens with zero attached hydrogens (tertiary/aromatic N) is 3. The monoisotopic (exact) mass is 294 g/mol. The highest BCUT2D eigenvalue weighted by Crippen LogP contribution is 2.19. The number of carbonyl (C=O) groups excluding carboxylic acids is 1. The molecule has 0 spiro atoms. The van der Waals surface area contributed by atoms with Crippen LogP contribution >= 0.6 is 0 Å². The number of benzene rings is 1. The van der Waals surface area contributed by atoms with E-state index < -0.39 is 0 Å². The molecule has 2 aromatic heterocycles. The molecule has 3 aromatic rings. The first kappa shape index (κ1) is 13.9. The van der Waals surface area contributed by atoms with E-state index in [1.807, 2.05) is 18.2 Å². The Labute approximate surface area is 127 Å². The van der Waals surface area contributed by atoms with Gasteiger partial charge in [0.2, 0.25) is 0 Å². The van der Waals surface area contributed by atoms with Gasteiger partial charge in [-0.3, -0.25) is 9.89 Å². The van der Waals surface area contributed by atoms with E-state index >= 15 is 0 Å². The normalized spacial score (nSPS) is 10.5. The molecule has 0 saturated carbocycles. The fourth-order valence-electron chi connectivity index (χ4n) is 2.35. The van der Waals surface area contributed by atoms with Gasteiger partial charge in [-0.1, -0.05) is 6.07 Å². The Kier molecular flexibility index (Phi) is 3.88. The molecule has 0 atom stereocenters. The Bertz CT molecular complexity index is 814. The Morgan fingerprint density at radius 1 is 1.36 bits per heavy atom. The minimum absolute atomic E-state index is 0.140. The maximum Gasteiger partial charge on any atom is 0.255 e. The van der Waals surface area contributed by atoms with Crippen molar-refractivity contribution in [3.63, 3.8) is 0 Å². The molecule has 0 aliphatic carbocycles. The van der Waals surface area contributed by atoms with Crippen LogP contribution in [0.3, 0.4) is 0 Å². The Hall–Kier alpha value is -3.07. The molecule has 110 valence electrons. The fourth-order valence-corrected chi connectivity index (χ4v) is 2.35. The average Bonchev–Trinajstić information content (AvgIpc) is 3.21. The molecular weight excluding hydrogens is 280 g/mol. The van der Waals surface area contributed by atoms with E-state index in [9.17, 15) is 4.79 Å². The van der Waals surface area contributed by atoms with Crippen molar-refractivity contribution in [1.29, 1.82) is 5.26 Å². The van der Waals surface area contributed by atoms with Crippen molar-refractivity contribution in [2.75, 3.05) is 6.54 Å². The highest BCUT2D eigenvalue weighted by atomic mass is 16.3. The third-order valence-corrected chi connectivity index (χ3v) is 3.42. The molecule has 0 radical (unpaired) electrons. The minimum Gasteiger partial charge on any atom is -0.467 e. The maximum absolute atomic E-state index is 12.8. The summed E-state index contributed by atoms with van der Waals surface area (Å²) in [5.74, 6) is 0.546. The van der Waals surface area contributed by atoms with E-state index in [0.29, 0.717) is 24.4 Å². The largest absolute Gasteiger partial charge is 0.467 e. The zero-order chi connectivity index (χ0) is 15.4. The van der Waals surface area contributed by atoms with Gasteiger partial charge in [0.15, 0.2) is 0 Å². The quantitative estimate of drug-likeness (QED) is 0.784. The number of nitriles is 1. The topological polar surface area (TPSA) is 85.9 Å². The third-order valence-electron chi connectivity index (χ3n) is 3.42. The van der Waals surface area contributed by atoms with Crippen LogP contribution in [0.2, 0.25) is 0 Å². The van der Waals surface area contributed by atoms with Crippen molar-refractivity contribution in [2.24, 2.45) is 0 Å². The van der Waals surface area contributed by atoms with Crippen molar-refractivity contribution in [2.45, 2.75) is 13.0 Å². The minimum atomic E-state index is -0.140. The Morgan fingerprint density at radius 2 is 2.27 bits per heavy atom. The predicted molar refractivity (Wildman–Crippen MR) is 79.8 cm³/mol. The van der Waals surface area contributed by atoms with Gasteiger partial charge in [0, 0.05) is 11.9 Å². The second-order valence-electron chi connectivity index (χ2n) is 4.85. The summed E-state index contributed by atoms with van der Waals surface area (Å²) < 4.78 is 5.31. The molecule has 1 N–H and O–H groups in total. The van der Waals surface area contributed by atoms with Gasteiger partial charge in [0.25, 0.3) is 5.91 Å². The number of hydrogen-bond donors (Lipinski definition) is 1. The fraction of sp³-hybridized carbons (Fsp3) is 0.188. The molecule has 0 fully saturated rings. The van der Waals surface area contributed by atoms with Crippen molar-refractivity contribution in [3.05, 3.63) is 54.1 Å². The number of carbonyl (C=O) groups is 1. The number of amides is 1. The molecule has 6 heteroatoms. The predicted octanol–water partition coefficient (Wildman–Crippen LogP) is 2.71. The van der Waals surface area contributed by atoms with E-state index in [2.05, 4.69) is 16.3 Å². The summed E-state index contributed by atoms with van der Waals surface area (Å²) in [6.45, 7) is 0.687. The molecule has 2 heterocycles. The lowest BCUT2D eigenvalue weighted by Crippen LogP contribution is -2.31. The van der Waals surface area contributed by atoms with Crippen molar-refractivity contribution in [1.82, 2.24) is 15.1 Å². The van der Waals surface area contributed by atoms with Crippen LogP contribution in [-0.4, -0.2) is 27.5 Å². The van der Waals surface area contributed by atoms with Crippen LogP contribution in [-0.2, 0) is 6.54 Å². The highest BCUT2D eigenvalue weighted by Gasteiger charge is 2.19. The lowest BCUT2D eigenvalue weighted by Gasteiger charge is -2.20. The summed E-state index contributed by atoms with van der Waals surface area (Å²) in [7, 11) is 0. The number of furan rings is 1. The van der Waals surface area contributed by atoms with E-state index in [-0.39, 0.29) is 12.3 Å². The number of hydrogen-bond acceptors (Lipinski definition) is 4. The van der Waals surface area contributed by atoms with Gasteiger partial charge in [0.1, 0.15) is 5.76 Å². The second-order valence-corrected chi connectivity index (χ2v) is 4.85. The Balaban J connectivity index is 1.91. The van der Waals surface area contributed by atoms with Crippen LogP contribution in [0, 0.1) is 11.3 Å². The molecule has 0 aliphatic heterocycles. The molecule has 1 amide bonds. The number of aromatic nitrogens is 2. The maximum atomic E-state index is 12.8. The smallest absolute Gasteiger partial charge is 0.255 e. The van der Waals surface area contributed by atoms with E-state index in [0.717, 1.165) is 10.9 Å². The summed E-state index contributed by atoms with van der Waals surface area (Å²) in [6, 6.07) is 11.1. The number of fused-ring (bicyclic) bond motifs is 1. The van der Waals surface area contributed by atoms with Crippen LogP contribution in [0.15, 0.2) is 47.2 Å². The average molecular weight is 294 g/mol.